The number of para-hydroxylation sites is 1. The Morgan fingerprint density at radius 1 is 1.00 bits per heavy atom. The number of carbonyl (C=O) groups excluding carboxylic acids is 2. The van der Waals surface area contributed by atoms with Gasteiger partial charge in [-0.15, -0.1) is 0 Å². The lowest BCUT2D eigenvalue weighted by molar-refractivity contribution is 0.0713. The Morgan fingerprint density at radius 3 is 2.48 bits per heavy atom. The molecule has 0 aliphatic carbocycles. The Balaban J connectivity index is 1.40. The maximum Gasteiger partial charge on any atom is 0.287 e. The van der Waals surface area contributed by atoms with Gasteiger partial charge >= 0.3 is 0 Å². The Bertz CT molecular complexity index is 1130. The third-order valence-electron chi connectivity index (χ3n) is 5.93. The second-order valence-corrected chi connectivity index (χ2v) is 8.09. The first kappa shape index (κ1) is 22.4. The molecule has 0 atom stereocenters. The molecule has 0 unspecified atom stereocenters. The molecule has 170 valence electrons. The molecular weight excluding hydrogens is 418 g/mol. The fourth-order valence-corrected chi connectivity index (χ4v) is 4.07. The molecule has 0 saturated carbocycles. The molecule has 7 nitrogen and oxygen atoms in total. The van der Waals surface area contributed by atoms with Gasteiger partial charge in [-0.1, -0.05) is 42.5 Å². The summed E-state index contributed by atoms with van der Waals surface area (Å²) in [6, 6.07) is 21.4. The number of nitrogens with zero attached hydrogens (tertiary/aromatic N) is 1. The highest BCUT2D eigenvalue weighted by atomic mass is 16.7. The molecular formula is C26H27N3O4. The summed E-state index contributed by atoms with van der Waals surface area (Å²) in [7, 11) is 0. The monoisotopic (exact) mass is 445 g/mol. The second-order valence-electron chi connectivity index (χ2n) is 8.09. The molecule has 3 aromatic rings. The molecule has 4 rings (SSSR count). The SMILES string of the molecule is NCc1cccc(C2CCN(C(=O)c3ccc(O)c(C(=O)NOc4ccccc4)c3)CC2)c1. The molecule has 1 aliphatic rings. The Kier molecular flexibility index (Phi) is 6.90. The van der Waals surface area contributed by atoms with Crippen molar-refractivity contribution in [1.29, 1.82) is 0 Å². The average Bonchev–Trinajstić information content (AvgIpc) is 2.88. The van der Waals surface area contributed by atoms with Crippen molar-refractivity contribution in [2.45, 2.75) is 25.3 Å². The molecule has 1 aliphatic heterocycles. The lowest BCUT2D eigenvalue weighted by Gasteiger charge is -2.32. The number of phenols is 1. The maximum absolute atomic E-state index is 13.1. The van der Waals surface area contributed by atoms with Crippen LogP contribution in [0.4, 0.5) is 0 Å². The van der Waals surface area contributed by atoms with E-state index in [1.165, 1.54) is 23.8 Å². The fourth-order valence-electron chi connectivity index (χ4n) is 4.07. The van der Waals surface area contributed by atoms with Crippen molar-refractivity contribution < 1.29 is 19.5 Å². The van der Waals surface area contributed by atoms with Gasteiger partial charge in [-0.05, 0) is 60.2 Å². The van der Waals surface area contributed by atoms with Gasteiger partial charge in [-0.25, -0.2) is 0 Å². The first-order valence-corrected chi connectivity index (χ1v) is 11.0. The van der Waals surface area contributed by atoms with Crippen LogP contribution in [0.25, 0.3) is 0 Å². The number of hydrogen-bond donors (Lipinski definition) is 3. The van der Waals surface area contributed by atoms with E-state index in [4.69, 9.17) is 10.6 Å². The van der Waals surface area contributed by atoms with Gasteiger partial charge in [0.2, 0.25) is 0 Å². The highest BCUT2D eigenvalue weighted by Crippen LogP contribution is 2.29. The molecule has 0 spiro atoms. The summed E-state index contributed by atoms with van der Waals surface area (Å²) in [5.41, 5.74) is 10.8. The normalized spacial score (nSPS) is 14.0. The second kappa shape index (κ2) is 10.2. The standard InChI is InChI=1S/C26H27N3O4/c27-17-18-5-4-6-20(15-18)19-11-13-29(14-12-19)26(32)21-9-10-24(30)23(16-21)25(31)28-33-22-7-2-1-3-8-22/h1-10,15-16,19,30H,11-14,17,27H2,(H,28,31). The highest BCUT2D eigenvalue weighted by Gasteiger charge is 2.26. The summed E-state index contributed by atoms with van der Waals surface area (Å²) in [4.78, 5) is 32.6. The number of hydroxylamine groups is 1. The van der Waals surface area contributed by atoms with Crippen LogP contribution < -0.4 is 16.1 Å². The van der Waals surface area contributed by atoms with Gasteiger partial charge in [-0.2, -0.15) is 5.48 Å². The number of aromatic hydroxyl groups is 1. The number of nitrogens with two attached hydrogens (primary N) is 1. The minimum Gasteiger partial charge on any atom is -0.507 e. The molecule has 1 saturated heterocycles. The summed E-state index contributed by atoms with van der Waals surface area (Å²) in [5.74, 6) is -0.180. The Labute approximate surface area is 192 Å². The zero-order valence-corrected chi connectivity index (χ0v) is 18.2. The van der Waals surface area contributed by atoms with Crippen molar-refractivity contribution in [3.05, 3.63) is 95.1 Å². The van der Waals surface area contributed by atoms with E-state index in [2.05, 4.69) is 17.6 Å². The van der Waals surface area contributed by atoms with Crippen LogP contribution in [-0.4, -0.2) is 34.9 Å². The molecule has 7 heteroatoms. The van der Waals surface area contributed by atoms with Gasteiger partial charge in [0.15, 0.2) is 5.75 Å². The van der Waals surface area contributed by atoms with Gasteiger partial charge in [0, 0.05) is 25.2 Å². The van der Waals surface area contributed by atoms with Crippen molar-refractivity contribution in [3.63, 3.8) is 0 Å². The third-order valence-corrected chi connectivity index (χ3v) is 5.93. The summed E-state index contributed by atoms with van der Waals surface area (Å²) in [6.07, 6.45) is 1.71. The number of amides is 2. The van der Waals surface area contributed by atoms with Crippen LogP contribution in [0.3, 0.4) is 0 Å². The molecule has 1 fully saturated rings. The van der Waals surface area contributed by atoms with Crippen molar-refractivity contribution >= 4 is 11.8 Å². The van der Waals surface area contributed by atoms with E-state index in [-0.39, 0.29) is 17.2 Å². The van der Waals surface area contributed by atoms with E-state index >= 15 is 0 Å². The Morgan fingerprint density at radius 2 is 1.76 bits per heavy atom. The number of piperidine rings is 1. The van der Waals surface area contributed by atoms with Gasteiger partial charge in [0.1, 0.15) is 5.75 Å². The van der Waals surface area contributed by atoms with Crippen molar-refractivity contribution in [3.8, 4) is 11.5 Å². The number of phenolic OH excluding ortho intramolecular Hbond substituents is 1. The zero-order valence-electron chi connectivity index (χ0n) is 18.2. The van der Waals surface area contributed by atoms with Crippen LogP contribution in [0.1, 0.15) is 50.6 Å². The highest BCUT2D eigenvalue weighted by molar-refractivity contribution is 6.01. The van der Waals surface area contributed by atoms with Gasteiger partial charge < -0.3 is 20.6 Å². The zero-order chi connectivity index (χ0) is 23.2. The predicted molar refractivity (Wildman–Crippen MR) is 125 cm³/mol. The smallest absolute Gasteiger partial charge is 0.287 e. The predicted octanol–water partition coefficient (Wildman–Crippen LogP) is 3.59. The molecule has 1 heterocycles. The van der Waals surface area contributed by atoms with Crippen LogP contribution in [0, 0.1) is 0 Å². The molecule has 33 heavy (non-hydrogen) atoms. The van der Waals surface area contributed by atoms with E-state index in [1.807, 2.05) is 18.2 Å². The van der Waals surface area contributed by atoms with E-state index < -0.39 is 5.91 Å². The van der Waals surface area contributed by atoms with Crippen LogP contribution in [0.5, 0.6) is 11.5 Å². The number of rotatable bonds is 6. The third kappa shape index (κ3) is 5.32. The quantitative estimate of drug-likeness (QED) is 0.503. The summed E-state index contributed by atoms with van der Waals surface area (Å²) in [6.45, 7) is 1.75. The number of benzene rings is 3. The van der Waals surface area contributed by atoms with Gasteiger partial charge in [0.25, 0.3) is 11.8 Å². The molecule has 2 amide bonds. The number of hydrogen-bond acceptors (Lipinski definition) is 5. The average molecular weight is 446 g/mol. The number of nitrogens with one attached hydrogen (secondary N) is 1. The minimum atomic E-state index is -0.635. The summed E-state index contributed by atoms with van der Waals surface area (Å²) >= 11 is 0. The van der Waals surface area contributed by atoms with Crippen LogP contribution >= 0.6 is 0 Å². The van der Waals surface area contributed by atoms with E-state index in [1.54, 1.807) is 29.2 Å². The van der Waals surface area contributed by atoms with Crippen LogP contribution in [0.15, 0.2) is 72.8 Å². The topological polar surface area (TPSA) is 105 Å². The van der Waals surface area contributed by atoms with E-state index in [0.717, 1.165) is 18.4 Å². The molecule has 0 aromatic heterocycles. The van der Waals surface area contributed by atoms with Crippen LogP contribution in [-0.2, 0) is 6.54 Å². The van der Waals surface area contributed by atoms with Gasteiger partial charge in [-0.3, -0.25) is 9.59 Å². The Hall–Kier alpha value is -3.84. The first-order valence-electron chi connectivity index (χ1n) is 11.0. The largest absolute Gasteiger partial charge is 0.507 e. The number of carbonyl (C=O) groups is 2. The van der Waals surface area contributed by atoms with Crippen molar-refractivity contribution in [2.75, 3.05) is 13.1 Å². The molecule has 0 radical (unpaired) electrons. The maximum atomic E-state index is 13.1. The summed E-state index contributed by atoms with van der Waals surface area (Å²) in [5, 5.41) is 10.1. The van der Waals surface area contributed by atoms with E-state index in [9.17, 15) is 14.7 Å². The lowest BCUT2D eigenvalue weighted by atomic mass is 9.88. The molecule has 4 N–H and O–H groups in total. The van der Waals surface area contributed by atoms with Crippen molar-refractivity contribution in [2.24, 2.45) is 5.73 Å². The van der Waals surface area contributed by atoms with E-state index in [0.29, 0.717) is 36.9 Å². The molecule has 0 bridgehead atoms. The summed E-state index contributed by atoms with van der Waals surface area (Å²) < 4.78 is 0. The lowest BCUT2D eigenvalue weighted by Crippen LogP contribution is -2.38. The van der Waals surface area contributed by atoms with Crippen LogP contribution in [0.2, 0.25) is 0 Å². The minimum absolute atomic E-state index is 0.0229. The fraction of sp³-hybridized carbons (Fsp3) is 0.231. The van der Waals surface area contributed by atoms with Crippen molar-refractivity contribution in [1.82, 2.24) is 10.4 Å². The molecule has 3 aromatic carbocycles. The first-order chi connectivity index (χ1) is 16.0. The number of likely N-dealkylation sites (tertiary alicyclic amines) is 1. The van der Waals surface area contributed by atoms with Gasteiger partial charge in [0.05, 0.1) is 5.56 Å².